The predicted octanol–water partition coefficient (Wildman–Crippen LogP) is 1.77. The Morgan fingerprint density at radius 3 is 2.52 bits per heavy atom. The first-order chi connectivity index (χ1) is 10.1. The van der Waals surface area contributed by atoms with Gasteiger partial charge >= 0.3 is 0 Å². The number of hydrogen-bond donors (Lipinski definition) is 1. The Balaban J connectivity index is 1.76. The molecule has 1 saturated heterocycles. The zero-order valence-corrected chi connectivity index (χ0v) is 12.3. The molecule has 1 aromatic carbocycles. The van der Waals surface area contributed by atoms with E-state index in [1.54, 1.807) is 24.5 Å². The normalized spacial score (nSPS) is 16.1. The topological polar surface area (TPSA) is 72.1 Å². The van der Waals surface area contributed by atoms with Crippen molar-refractivity contribution in [1.82, 2.24) is 14.9 Å². The molecule has 0 atom stereocenters. The molecule has 6 heteroatoms. The van der Waals surface area contributed by atoms with Crippen LogP contribution < -0.4 is 5.73 Å². The molecule has 2 heterocycles. The van der Waals surface area contributed by atoms with Gasteiger partial charge in [0, 0.05) is 37.0 Å². The number of amides is 1. The van der Waals surface area contributed by atoms with E-state index in [2.05, 4.69) is 9.97 Å². The lowest BCUT2D eigenvalue weighted by Crippen LogP contribution is -2.41. The zero-order valence-electron chi connectivity index (χ0n) is 11.5. The molecule has 21 heavy (non-hydrogen) atoms. The maximum absolute atomic E-state index is 12.5. The fraction of sp³-hybridized carbons (Fsp3) is 0.333. The SMILES string of the molecule is NC(=S)C1CCN(C(=O)c2ccc3nccnc3c2)CC1. The van der Waals surface area contributed by atoms with Crippen LogP contribution in [0, 0.1) is 5.92 Å². The minimum Gasteiger partial charge on any atom is -0.393 e. The van der Waals surface area contributed by atoms with Crippen molar-refractivity contribution in [2.45, 2.75) is 12.8 Å². The van der Waals surface area contributed by atoms with Gasteiger partial charge in [-0.2, -0.15) is 0 Å². The second-order valence-electron chi connectivity index (χ2n) is 5.23. The third kappa shape index (κ3) is 2.85. The van der Waals surface area contributed by atoms with E-state index in [0.717, 1.165) is 23.9 Å². The number of thiocarbonyl (C=S) groups is 1. The molecule has 1 aliphatic rings. The fourth-order valence-corrected chi connectivity index (χ4v) is 2.88. The molecule has 1 fully saturated rings. The summed E-state index contributed by atoms with van der Waals surface area (Å²) in [7, 11) is 0. The number of aromatic nitrogens is 2. The van der Waals surface area contributed by atoms with Gasteiger partial charge in [-0.3, -0.25) is 14.8 Å². The second kappa shape index (κ2) is 5.73. The summed E-state index contributed by atoms with van der Waals surface area (Å²) in [6.07, 6.45) is 4.96. The van der Waals surface area contributed by atoms with Crippen LogP contribution in [0.3, 0.4) is 0 Å². The number of benzene rings is 1. The monoisotopic (exact) mass is 300 g/mol. The Kier molecular flexibility index (Phi) is 3.79. The molecule has 0 aliphatic carbocycles. The van der Waals surface area contributed by atoms with Gasteiger partial charge in [0.1, 0.15) is 0 Å². The van der Waals surface area contributed by atoms with Crippen molar-refractivity contribution in [3.8, 4) is 0 Å². The van der Waals surface area contributed by atoms with Gasteiger partial charge in [-0.1, -0.05) is 12.2 Å². The van der Waals surface area contributed by atoms with Crippen LogP contribution in [0.25, 0.3) is 11.0 Å². The highest BCUT2D eigenvalue weighted by atomic mass is 32.1. The molecule has 5 nitrogen and oxygen atoms in total. The number of nitrogens with two attached hydrogens (primary N) is 1. The lowest BCUT2D eigenvalue weighted by molar-refractivity contribution is 0.0710. The van der Waals surface area contributed by atoms with E-state index in [-0.39, 0.29) is 11.8 Å². The minimum atomic E-state index is 0.0314. The molecule has 0 spiro atoms. The molecule has 0 radical (unpaired) electrons. The highest BCUT2D eigenvalue weighted by Gasteiger charge is 2.25. The predicted molar refractivity (Wildman–Crippen MR) is 85.0 cm³/mol. The molecule has 0 bridgehead atoms. The molecule has 1 amide bonds. The van der Waals surface area contributed by atoms with Crippen LogP contribution in [-0.4, -0.2) is 38.9 Å². The van der Waals surface area contributed by atoms with Crippen LogP contribution >= 0.6 is 12.2 Å². The van der Waals surface area contributed by atoms with Gasteiger partial charge in [0.25, 0.3) is 5.91 Å². The Labute approximate surface area is 128 Å². The first kappa shape index (κ1) is 13.9. The van der Waals surface area contributed by atoms with Crippen molar-refractivity contribution >= 4 is 34.1 Å². The summed E-state index contributed by atoms with van der Waals surface area (Å²) < 4.78 is 0. The third-order valence-corrected chi connectivity index (χ3v) is 4.23. The van der Waals surface area contributed by atoms with Gasteiger partial charge in [-0.15, -0.1) is 0 Å². The average Bonchev–Trinajstić information content (AvgIpc) is 2.54. The van der Waals surface area contributed by atoms with E-state index in [1.165, 1.54) is 0 Å². The van der Waals surface area contributed by atoms with E-state index in [9.17, 15) is 4.79 Å². The zero-order chi connectivity index (χ0) is 14.8. The van der Waals surface area contributed by atoms with Crippen LogP contribution in [-0.2, 0) is 0 Å². The number of fused-ring (bicyclic) bond motifs is 1. The number of piperidine rings is 1. The first-order valence-corrected chi connectivity index (χ1v) is 7.35. The van der Waals surface area contributed by atoms with E-state index < -0.39 is 0 Å². The number of carbonyl (C=O) groups is 1. The molecule has 0 unspecified atom stereocenters. The Hall–Kier alpha value is -2.08. The van der Waals surface area contributed by atoms with E-state index in [4.69, 9.17) is 18.0 Å². The molecular weight excluding hydrogens is 284 g/mol. The van der Waals surface area contributed by atoms with Crippen LogP contribution in [0.5, 0.6) is 0 Å². The van der Waals surface area contributed by atoms with Crippen molar-refractivity contribution in [3.05, 3.63) is 36.2 Å². The fourth-order valence-electron chi connectivity index (χ4n) is 2.65. The van der Waals surface area contributed by atoms with Gasteiger partial charge in [-0.05, 0) is 31.0 Å². The molecule has 0 saturated carbocycles. The van der Waals surface area contributed by atoms with Crippen molar-refractivity contribution in [1.29, 1.82) is 0 Å². The summed E-state index contributed by atoms with van der Waals surface area (Å²) >= 11 is 5.03. The highest BCUT2D eigenvalue weighted by Crippen LogP contribution is 2.20. The van der Waals surface area contributed by atoms with Crippen LogP contribution in [0.4, 0.5) is 0 Å². The number of rotatable bonds is 2. The van der Waals surface area contributed by atoms with Gasteiger partial charge in [0.15, 0.2) is 0 Å². The molecule has 1 aromatic heterocycles. The number of nitrogens with zero attached hydrogens (tertiary/aromatic N) is 3. The van der Waals surface area contributed by atoms with Crippen LogP contribution in [0.1, 0.15) is 23.2 Å². The van der Waals surface area contributed by atoms with E-state index in [0.29, 0.717) is 23.6 Å². The van der Waals surface area contributed by atoms with Crippen molar-refractivity contribution in [3.63, 3.8) is 0 Å². The van der Waals surface area contributed by atoms with E-state index in [1.807, 2.05) is 11.0 Å². The number of hydrogen-bond acceptors (Lipinski definition) is 4. The third-order valence-electron chi connectivity index (χ3n) is 3.90. The maximum atomic E-state index is 12.5. The summed E-state index contributed by atoms with van der Waals surface area (Å²) in [6, 6.07) is 5.43. The van der Waals surface area contributed by atoms with Crippen LogP contribution in [0.15, 0.2) is 30.6 Å². The summed E-state index contributed by atoms with van der Waals surface area (Å²) in [5.74, 6) is 0.287. The second-order valence-corrected chi connectivity index (χ2v) is 5.70. The van der Waals surface area contributed by atoms with E-state index >= 15 is 0 Å². The summed E-state index contributed by atoms with van der Waals surface area (Å²) in [5, 5.41) is 0. The highest BCUT2D eigenvalue weighted by molar-refractivity contribution is 7.80. The van der Waals surface area contributed by atoms with Gasteiger partial charge in [0.2, 0.25) is 0 Å². The Morgan fingerprint density at radius 2 is 1.86 bits per heavy atom. The Bertz CT molecular complexity index is 695. The lowest BCUT2D eigenvalue weighted by Gasteiger charge is -2.31. The van der Waals surface area contributed by atoms with Gasteiger partial charge in [-0.25, -0.2) is 0 Å². The maximum Gasteiger partial charge on any atom is 0.253 e. The smallest absolute Gasteiger partial charge is 0.253 e. The van der Waals surface area contributed by atoms with Crippen molar-refractivity contribution < 1.29 is 4.79 Å². The quantitative estimate of drug-likeness (QED) is 0.856. The number of likely N-dealkylation sites (tertiary alicyclic amines) is 1. The molecule has 1 aliphatic heterocycles. The van der Waals surface area contributed by atoms with Crippen molar-refractivity contribution in [2.24, 2.45) is 11.7 Å². The molecule has 3 rings (SSSR count). The van der Waals surface area contributed by atoms with Crippen LogP contribution in [0.2, 0.25) is 0 Å². The van der Waals surface area contributed by atoms with Crippen molar-refractivity contribution in [2.75, 3.05) is 13.1 Å². The minimum absolute atomic E-state index is 0.0314. The summed E-state index contributed by atoms with van der Waals surface area (Å²) in [5.41, 5.74) is 7.85. The standard InChI is InChI=1S/C15H16N4OS/c16-14(21)10-3-7-19(8-4-10)15(20)11-1-2-12-13(9-11)18-6-5-17-12/h1-2,5-6,9-10H,3-4,7-8H2,(H2,16,21). The molecule has 2 N–H and O–H groups in total. The largest absolute Gasteiger partial charge is 0.393 e. The molecule has 2 aromatic rings. The molecular formula is C15H16N4OS. The summed E-state index contributed by atoms with van der Waals surface area (Å²) in [4.78, 5) is 23.4. The van der Waals surface area contributed by atoms with Gasteiger partial charge in [0.05, 0.1) is 16.0 Å². The molecule has 108 valence electrons. The first-order valence-electron chi connectivity index (χ1n) is 6.94. The lowest BCUT2D eigenvalue weighted by atomic mass is 9.96. The Morgan fingerprint density at radius 1 is 1.19 bits per heavy atom. The summed E-state index contributed by atoms with van der Waals surface area (Å²) in [6.45, 7) is 1.39. The van der Waals surface area contributed by atoms with Gasteiger partial charge < -0.3 is 10.6 Å². The average molecular weight is 300 g/mol. The number of carbonyl (C=O) groups excluding carboxylic acids is 1.